The lowest BCUT2D eigenvalue weighted by Gasteiger charge is -2.06. The summed E-state index contributed by atoms with van der Waals surface area (Å²) in [4.78, 5) is 23.2. The highest BCUT2D eigenvalue weighted by Gasteiger charge is 2.18. The Kier molecular flexibility index (Phi) is 5.88. The van der Waals surface area contributed by atoms with Gasteiger partial charge in [-0.05, 0) is 35.9 Å². The van der Waals surface area contributed by atoms with Gasteiger partial charge in [0.05, 0.1) is 29.2 Å². The van der Waals surface area contributed by atoms with Gasteiger partial charge in [0, 0.05) is 6.08 Å². The predicted octanol–water partition coefficient (Wildman–Crippen LogP) is 1.86. The normalized spacial score (nSPS) is 10.9. The molecule has 0 unspecified atom stereocenters. The molecule has 0 aliphatic carbocycles. The maximum atomic E-state index is 12.3. The van der Waals surface area contributed by atoms with Gasteiger partial charge in [-0.1, -0.05) is 24.3 Å². The first-order valence-corrected chi connectivity index (χ1v) is 8.78. The van der Waals surface area contributed by atoms with Crippen LogP contribution in [0.5, 0.6) is 0 Å². The summed E-state index contributed by atoms with van der Waals surface area (Å²) in [7, 11) is -2.99. The van der Waals surface area contributed by atoms with Gasteiger partial charge in [-0.15, -0.1) is 0 Å². The molecule has 1 amide bonds. The summed E-state index contributed by atoms with van der Waals surface area (Å²) >= 11 is 0. The summed E-state index contributed by atoms with van der Waals surface area (Å²) in [5.74, 6) is -1.58. The Labute approximate surface area is 150 Å². The smallest absolute Gasteiger partial charge is 0.337 e. The first kappa shape index (κ1) is 18.9. The second kappa shape index (κ2) is 8.09. The van der Waals surface area contributed by atoms with Crippen molar-refractivity contribution in [3.8, 4) is 6.07 Å². The number of carbonyl (C=O) groups excluding carboxylic acids is 2. The maximum Gasteiger partial charge on any atom is 0.337 e. The average molecular weight is 370 g/mol. The van der Waals surface area contributed by atoms with Crippen LogP contribution < -0.4 is 4.72 Å². The van der Waals surface area contributed by atoms with Crippen molar-refractivity contribution in [1.82, 2.24) is 4.72 Å². The summed E-state index contributed by atoms with van der Waals surface area (Å²) in [5, 5.41) is 8.99. The Bertz CT molecular complexity index is 1020. The number of esters is 1. The van der Waals surface area contributed by atoms with E-state index in [1.165, 1.54) is 31.4 Å². The molecule has 132 valence electrons. The minimum absolute atomic E-state index is 0.0429. The summed E-state index contributed by atoms with van der Waals surface area (Å²) < 4.78 is 31.0. The van der Waals surface area contributed by atoms with Crippen molar-refractivity contribution in [1.29, 1.82) is 5.26 Å². The van der Waals surface area contributed by atoms with Crippen LogP contribution in [0, 0.1) is 11.3 Å². The molecule has 2 rings (SSSR count). The Morgan fingerprint density at radius 1 is 1.15 bits per heavy atom. The zero-order chi connectivity index (χ0) is 19.2. The molecule has 0 aliphatic heterocycles. The number of nitrogens with zero attached hydrogens (tertiary/aromatic N) is 1. The second-order valence-electron chi connectivity index (χ2n) is 5.02. The van der Waals surface area contributed by atoms with Crippen LogP contribution in [0.25, 0.3) is 6.08 Å². The zero-order valence-corrected chi connectivity index (χ0v) is 14.5. The van der Waals surface area contributed by atoms with Gasteiger partial charge in [-0.3, -0.25) is 4.79 Å². The number of nitriles is 1. The van der Waals surface area contributed by atoms with E-state index >= 15 is 0 Å². The van der Waals surface area contributed by atoms with Gasteiger partial charge in [-0.2, -0.15) is 5.26 Å². The van der Waals surface area contributed by atoms with E-state index in [9.17, 15) is 18.0 Å². The molecule has 26 heavy (non-hydrogen) atoms. The van der Waals surface area contributed by atoms with Gasteiger partial charge in [0.25, 0.3) is 15.9 Å². The van der Waals surface area contributed by atoms with Crippen LogP contribution >= 0.6 is 0 Å². The number of methoxy groups -OCH3 is 1. The van der Waals surface area contributed by atoms with Gasteiger partial charge >= 0.3 is 5.97 Å². The highest BCUT2D eigenvalue weighted by Crippen LogP contribution is 2.13. The molecule has 2 aromatic rings. The molecule has 0 atom stereocenters. The molecule has 0 saturated carbocycles. The number of sulfonamides is 1. The van der Waals surface area contributed by atoms with Crippen molar-refractivity contribution in [2.75, 3.05) is 7.11 Å². The molecule has 0 saturated heterocycles. The van der Waals surface area contributed by atoms with Crippen LogP contribution in [0.1, 0.15) is 21.5 Å². The molecule has 0 heterocycles. The van der Waals surface area contributed by atoms with E-state index in [1.54, 1.807) is 24.3 Å². The van der Waals surface area contributed by atoms with Crippen LogP contribution in [-0.2, 0) is 19.6 Å². The van der Waals surface area contributed by atoms with Gasteiger partial charge in [0.2, 0.25) is 0 Å². The number of benzene rings is 2. The van der Waals surface area contributed by atoms with Gasteiger partial charge in [0.15, 0.2) is 0 Å². The fourth-order valence-electron chi connectivity index (χ4n) is 2.04. The Morgan fingerprint density at radius 3 is 2.58 bits per heavy atom. The molecule has 1 N–H and O–H groups in total. The minimum Gasteiger partial charge on any atom is -0.465 e. The Hall–Kier alpha value is -3.44. The van der Waals surface area contributed by atoms with Crippen LogP contribution in [0.2, 0.25) is 0 Å². The molecule has 0 spiro atoms. The van der Waals surface area contributed by atoms with Crippen LogP contribution in [0.15, 0.2) is 59.5 Å². The second-order valence-corrected chi connectivity index (χ2v) is 6.70. The van der Waals surface area contributed by atoms with Crippen molar-refractivity contribution in [2.45, 2.75) is 4.90 Å². The molecule has 0 aliphatic rings. The summed E-state index contributed by atoms with van der Waals surface area (Å²) in [6, 6.07) is 13.6. The third-order valence-corrected chi connectivity index (χ3v) is 4.64. The monoisotopic (exact) mass is 370 g/mol. The lowest BCUT2D eigenvalue weighted by molar-refractivity contribution is -0.114. The summed E-state index contributed by atoms with van der Waals surface area (Å²) in [6.45, 7) is 0. The largest absolute Gasteiger partial charge is 0.465 e. The fourth-order valence-corrected chi connectivity index (χ4v) is 3.03. The lowest BCUT2D eigenvalue weighted by Crippen LogP contribution is -2.29. The van der Waals surface area contributed by atoms with Crippen LogP contribution in [-0.4, -0.2) is 27.4 Å². The highest BCUT2D eigenvalue weighted by atomic mass is 32.2. The van der Waals surface area contributed by atoms with E-state index in [0.29, 0.717) is 11.1 Å². The van der Waals surface area contributed by atoms with Crippen molar-refractivity contribution in [3.63, 3.8) is 0 Å². The SMILES string of the molecule is COC(=O)c1cccc(S(=O)(=O)NC(=O)C=Cc2ccccc2C#N)c1. The van der Waals surface area contributed by atoms with Crippen LogP contribution in [0.4, 0.5) is 0 Å². The van der Waals surface area contributed by atoms with E-state index < -0.39 is 21.9 Å². The van der Waals surface area contributed by atoms with E-state index in [1.807, 2.05) is 10.8 Å². The number of rotatable bonds is 5. The average Bonchev–Trinajstić information content (AvgIpc) is 2.65. The standard InChI is InChI=1S/C18H14N2O5S/c1-25-18(22)14-7-4-8-16(11-14)26(23,24)20-17(21)10-9-13-5-2-3-6-15(13)12-19/h2-11H,1H3,(H,20,21). The predicted molar refractivity (Wildman–Crippen MR) is 93.3 cm³/mol. The van der Waals surface area contributed by atoms with Crippen molar-refractivity contribution in [3.05, 3.63) is 71.3 Å². The molecule has 0 aromatic heterocycles. The van der Waals surface area contributed by atoms with Gasteiger partial charge in [0.1, 0.15) is 0 Å². The molecule has 0 radical (unpaired) electrons. The number of amides is 1. The summed E-state index contributed by atoms with van der Waals surface area (Å²) in [6.07, 6.45) is 2.35. The maximum absolute atomic E-state index is 12.3. The molecule has 8 heteroatoms. The molecule has 0 bridgehead atoms. The lowest BCUT2D eigenvalue weighted by atomic mass is 10.1. The molecular formula is C18H14N2O5S. The van der Waals surface area contributed by atoms with Gasteiger partial charge in [-0.25, -0.2) is 17.9 Å². The Balaban J connectivity index is 2.19. The zero-order valence-electron chi connectivity index (χ0n) is 13.7. The highest BCUT2D eigenvalue weighted by molar-refractivity contribution is 7.90. The third kappa shape index (κ3) is 4.55. The number of carbonyl (C=O) groups is 2. The molecule has 2 aromatic carbocycles. The van der Waals surface area contributed by atoms with E-state index in [4.69, 9.17) is 5.26 Å². The molecule has 0 fully saturated rings. The van der Waals surface area contributed by atoms with Gasteiger partial charge < -0.3 is 4.74 Å². The minimum atomic E-state index is -4.17. The fraction of sp³-hybridized carbons (Fsp3) is 0.0556. The van der Waals surface area contributed by atoms with E-state index in [-0.39, 0.29) is 10.5 Å². The van der Waals surface area contributed by atoms with E-state index in [0.717, 1.165) is 12.1 Å². The summed E-state index contributed by atoms with van der Waals surface area (Å²) in [5.41, 5.74) is 0.877. The third-order valence-electron chi connectivity index (χ3n) is 3.30. The van der Waals surface area contributed by atoms with Crippen molar-refractivity contribution < 1.29 is 22.7 Å². The number of hydrogen-bond acceptors (Lipinski definition) is 6. The quantitative estimate of drug-likeness (QED) is 0.635. The molecular weight excluding hydrogens is 356 g/mol. The number of ether oxygens (including phenoxy) is 1. The topological polar surface area (TPSA) is 113 Å². The van der Waals surface area contributed by atoms with Crippen molar-refractivity contribution in [2.24, 2.45) is 0 Å². The van der Waals surface area contributed by atoms with Crippen molar-refractivity contribution >= 4 is 28.0 Å². The number of nitrogens with one attached hydrogen (secondary N) is 1. The Morgan fingerprint density at radius 2 is 1.88 bits per heavy atom. The number of hydrogen-bond donors (Lipinski definition) is 1. The first-order chi connectivity index (χ1) is 12.4. The molecule has 7 nitrogen and oxygen atoms in total. The van der Waals surface area contributed by atoms with E-state index in [2.05, 4.69) is 4.74 Å². The van der Waals surface area contributed by atoms with Crippen LogP contribution in [0.3, 0.4) is 0 Å². The first-order valence-electron chi connectivity index (χ1n) is 7.30.